The zero-order valence-electron chi connectivity index (χ0n) is 17.5. The molecule has 0 aromatic heterocycles. The lowest BCUT2D eigenvalue weighted by Crippen LogP contribution is -2.45. The smallest absolute Gasteiger partial charge is 0.211 e. The molecule has 28 heavy (non-hydrogen) atoms. The van der Waals surface area contributed by atoms with Crippen molar-refractivity contribution in [2.45, 2.75) is 38.5 Å². The van der Waals surface area contributed by atoms with Crippen molar-refractivity contribution in [2.75, 3.05) is 65.7 Å². The fourth-order valence-corrected chi connectivity index (χ4v) is 5.57. The Hall–Kier alpha value is -0.130. The quantitative estimate of drug-likeness (QED) is 0.335. The number of piperidine rings is 2. The Labute approximate surface area is 188 Å². The van der Waals surface area contributed by atoms with Crippen LogP contribution in [0.4, 0.5) is 0 Å². The van der Waals surface area contributed by atoms with E-state index < -0.39 is 10.0 Å². The van der Waals surface area contributed by atoms with Crippen molar-refractivity contribution in [2.24, 2.45) is 16.8 Å². The third-order valence-electron chi connectivity index (χ3n) is 6.35. The summed E-state index contributed by atoms with van der Waals surface area (Å²) in [7, 11) is -1.17. The van der Waals surface area contributed by atoms with Gasteiger partial charge in [-0.1, -0.05) is 6.42 Å². The molecule has 1 atom stereocenters. The third-order valence-corrected chi connectivity index (χ3v) is 7.66. The van der Waals surface area contributed by atoms with Gasteiger partial charge >= 0.3 is 0 Å². The van der Waals surface area contributed by atoms with E-state index in [4.69, 9.17) is 0 Å². The molecular weight excluding hydrogens is 489 g/mol. The van der Waals surface area contributed by atoms with E-state index in [1.54, 1.807) is 4.31 Å². The van der Waals surface area contributed by atoms with Gasteiger partial charge in [0.15, 0.2) is 5.96 Å². The maximum Gasteiger partial charge on any atom is 0.211 e. The molecule has 0 aromatic rings. The molecule has 7 nitrogen and oxygen atoms in total. The summed E-state index contributed by atoms with van der Waals surface area (Å²) in [5.41, 5.74) is 0. The van der Waals surface area contributed by atoms with Crippen LogP contribution < -0.4 is 5.32 Å². The number of hydrogen-bond donors (Lipinski definition) is 1. The summed E-state index contributed by atoms with van der Waals surface area (Å²) in [6.45, 7) is 8.14. The number of nitrogens with zero attached hydrogens (tertiary/aromatic N) is 4. The Balaban J connectivity index is 0.00000280. The van der Waals surface area contributed by atoms with Gasteiger partial charge in [-0.2, -0.15) is 0 Å². The van der Waals surface area contributed by atoms with E-state index in [0.29, 0.717) is 19.0 Å². The normalized spacial score (nSPS) is 26.3. The summed E-state index contributed by atoms with van der Waals surface area (Å²) in [5.74, 6) is 2.29. The van der Waals surface area contributed by atoms with Crippen LogP contribution in [0.3, 0.4) is 0 Å². The summed E-state index contributed by atoms with van der Waals surface area (Å²) >= 11 is 0. The third kappa shape index (κ3) is 6.98. The van der Waals surface area contributed by atoms with Crippen LogP contribution in [0.1, 0.15) is 38.5 Å². The molecule has 0 bridgehead atoms. The van der Waals surface area contributed by atoms with Crippen LogP contribution in [0.2, 0.25) is 0 Å². The van der Waals surface area contributed by atoms with Crippen LogP contribution in [-0.4, -0.2) is 94.1 Å². The largest absolute Gasteiger partial charge is 0.356 e. The van der Waals surface area contributed by atoms with Gasteiger partial charge in [0.2, 0.25) is 10.0 Å². The minimum absolute atomic E-state index is 0. The van der Waals surface area contributed by atoms with E-state index in [1.807, 2.05) is 7.05 Å². The highest BCUT2D eigenvalue weighted by molar-refractivity contribution is 14.0. The van der Waals surface area contributed by atoms with Gasteiger partial charge in [0.25, 0.3) is 0 Å². The van der Waals surface area contributed by atoms with Crippen LogP contribution in [0.5, 0.6) is 0 Å². The second kappa shape index (κ2) is 11.3. The first kappa shape index (κ1) is 24.1. The van der Waals surface area contributed by atoms with Gasteiger partial charge in [0.05, 0.1) is 6.26 Å². The lowest BCUT2D eigenvalue weighted by Gasteiger charge is -2.31. The lowest BCUT2D eigenvalue weighted by atomic mass is 9.98. The van der Waals surface area contributed by atoms with Gasteiger partial charge in [-0.25, -0.2) is 12.7 Å². The summed E-state index contributed by atoms with van der Waals surface area (Å²) in [4.78, 5) is 9.55. The Kier molecular flexibility index (Phi) is 9.75. The van der Waals surface area contributed by atoms with Crippen molar-refractivity contribution in [3.8, 4) is 0 Å². The van der Waals surface area contributed by atoms with E-state index in [0.717, 1.165) is 44.4 Å². The summed E-state index contributed by atoms with van der Waals surface area (Å²) in [6, 6.07) is 0. The standard InChI is InChI=1S/C19H37N5O2S.HI/c1-20-19(21-14-17-7-12-24(13-8-17)27(2,25)26)23-11-6-18(16-23)15-22-9-4-3-5-10-22;/h17-18H,3-16H2,1-2H3,(H,20,21);1H. The van der Waals surface area contributed by atoms with E-state index >= 15 is 0 Å². The van der Waals surface area contributed by atoms with Crippen molar-refractivity contribution in [3.05, 3.63) is 0 Å². The number of aliphatic imine (C=N–C) groups is 1. The molecule has 0 saturated carbocycles. The second-order valence-electron chi connectivity index (χ2n) is 8.50. The minimum Gasteiger partial charge on any atom is -0.356 e. The van der Waals surface area contributed by atoms with E-state index in [2.05, 4.69) is 20.1 Å². The average molecular weight is 528 g/mol. The molecule has 0 amide bonds. The topological polar surface area (TPSA) is 68.2 Å². The predicted molar refractivity (Wildman–Crippen MR) is 126 cm³/mol. The molecule has 3 fully saturated rings. The van der Waals surface area contributed by atoms with Crippen LogP contribution in [0, 0.1) is 11.8 Å². The van der Waals surface area contributed by atoms with Gasteiger partial charge in [-0.3, -0.25) is 4.99 Å². The molecule has 3 heterocycles. The molecule has 0 radical (unpaired) electrons. The van der Waals surface area contributed by atoms with Crippen molar-refractivity contribution in [3.63, 3.8) is 0 Å². The highest BCUT2D eigenvalue weighted by Gasteiger charge is 2.28. The SMILES string of the molecule is CN=C(NCC1CCN(S(C)(=O)=O)CC1)N1CCC(CN2CCCCC2)C1.I. The number of nitrogens with one attached hydrogen (secondary N) is 1. The van der Waals surface area contributed by atoms with Gasteiger partial charge in [0.1, 0.15) is 0 Å². The van der Waals surface area contributed by atoms with Crippen LogP contribution in [0.25, 0.3) is 0 Å². The molecule has 0 aromatic carbocycles. The highest BCUT2D eigenvalue weighted by Crippen LogP contribution is 2.21. The average Bonchev–Trinajstić information content (AvgIpc) is 3.11. The molecule has 1 unspecified atom stereocenters. The first-order chi connectivity index (χ1) is 13.0. The van der Waals surface area contributed by atoms with Gasteiger partial charge < -0.3 is 15.1 Å². The van der Waals surface area contributed by atoms with Gasteiger partial charge in [-0.05, 0) is 57.0 Å². The monoisotopic (exact) mass is 527 g/mol. The Morgan fingerprint density at radius 2 is 1.64 bits per heavy atom. The Bertz CT molecular complexity index is 601. The molecule has 3 rings (SSSR count). The Morgan fingerprint density at radius 1 is 1.00 bits per heavy atom. The predicted octanol–water partition coefficient (Wildman–Crippen LogP) is 1.66. The van der Waals surface area contributed by atoms with Gasteiger partial charge in [-0.15, -0.1) is 24.0 Å². The van der Waals surface area contributed by atoms with Gasteiger partial charge in [0, 0.05) is 46.3 Å². The number of halogens is 1. The molecular formula is C19H38IN5O2S. The van der Waals surface area contributed by atoms with Crippen LogP contribution >= 0.6 is 24.0 Å². The number of sulfonamides is 1. The second-order valence-corrected chi connectivity index (χ2v) is 10.5. The lowest BCUT2D eigenvalue weighted by molar-refractivity contribution is 0.198. The summed E-state index contributed by atoms with van der Waals surface area (Å²) in [5, 5.41) is 3.55. The maximum atomic E-state index is 11.6. The van der Waals surface area contributed by atoms with E-state index in [1.165, 1.54) is 51.6 Å². The van der Waals surface area contributed by atoms with Crippen molar-refractivity contribution < 1.29 is 8.42 Å². The molecule has 3 saturated heterocycles. The van der Waals surface area contributed by atoms with E-state index in [9.17, 15) is 8.42 Å². The zero-order chi connectivity index (χ0) is 19.3. The zero-order valence-corrected chi connectivity index (χ0v) is 20.6. The van der Waals surface area contributed by atoms with E-state index in [-0.39, 0.29) is 24.0 Å². The van der Waals surface area contributed by atoms with Crippen molar-refractivity contribution in [1.82, 2.24) is 19.4 Å². The molecule has 0 spiro atoms. The molecule has 0 aliphatic carbocycles. The molecule has 3 aliphatic rings. The fraction of sp³-hybridized carbons (Fsp3) is 0.947. The summed E-state index contributed by atoms with van der Waals surface area (Å²) < 4.78 is 24.9. The first-order valence-electron chi connectivity index (χ1n) is 10.6. The molecule has 9 heteroatoms. The number of rotatable bonds is 5. The molecule has 1 N–H and O–H groups in total. The number of likely N-dealkylation sites (tertiary alicyclic amines) is 2. The first-order valence-corrected chi connectivity index (χ1v) is 12.4. The Morgan fingerprint density at radius 3 is 2.25 bits per heavy atom. The van der Waals surface area contributed by atoms with Crippen LogP contribution in [0.15, 0.2) is 4.99 Å². The fourth-order valence-electron chi connectivity index (χ4n) is 4.69. The maximum absolute atomic E-state index is 11.6. The summed E-state index contributed by atoms with van der Waals surface area (Å²) in [6.07, 6.45) is 8.52. The van der Waals surface area contributed by atoms with Crippen molar-refractivity contribution in [1.29, 1.82) is 0 Å². The highest BCUT2D eigenvalue weighted by atomic mass is 127. The van der Waals surface area contributed by atoms with Crippen molar-refractivity contribution >= 4 is 40.0 Å². The molecule has 3 aliphatic heterocycles. The minimum atomic E-state index is -3.04. The van der Waals surface area contributed by atoms with Crippen LogP contribution in [-0.2, 0) is 10.0 Å². The number of guanidine groups is 1. The number of hydrogen-bond acceptors (Lipinski definition) is 4. The molecule has 164 valence electrons.